The second-order valence-electron chi connectivity index (χ2n) is 6.22. The van der Waals surface area contributed by atoms with Crippen LogP contribution in [0.15, 0.2) is 0 Å². The Bertz CT molecular complexity index is 213. The lowest BCUT2D eigenvalue weighted by Gasteiger charge is -2.22. The maximum Gasteiger partial charge on any atom is 0.308 e. The van der Waals surface area contributed by atoms with E-state index in [1.54, 1.807) is 0 Å². The monoisotopic (exact) mass is 254 g/mol. The molecule has 0 atom stereocenters. The van der Waals surface area contributed by atoms with Crippen LogP contribution >= 0.6 is 0 Å². The lowest BCUT2D eigenvalue weighted by atomic mass is 9.84. The lowest BCUT2D eigenvalue weighted by Crippen LogP contribution is -2.18. The van der Waals surface area contributed by atoms with Crippen molar-refractivity contribution in [3.8, 4) is 0 Å². The molecule has 2 nitrogen and oxygen atoms in total. The van der Waals surface area contributed by atoms with Gasteiger partial charge in [0.2, 0.25) is 0 Å². The highest BCUT2D eigenvalue weighted by Crippen LogP contribution is 2.27. The largest absolute Gasteiger partial charge is 0.469 e. The summed E-state index contributed by atoms with van der Waals surface area (Å²) in [7, 11) is 1.47. The van der Waals surface area contributed by atoms with E-state index in [-0.39, 0.29) is 11.9 Å². The van der Waals surface area contributed by atoms with Gasteiger partial charge in [-0.25, -0.2) is 0 Å². The summed E-state index contributed by atoms with van der Waals surface area (Å²) in [6.07, 6.45) is 11.6. The second-order valence-corrected chi connectivity index (χ2v) is 6.22. The summed E-state index contributed by atoms with van der Waals surface area (Å²) in [4.78, 5) is 10.9. The van der Waals surface area contributed by atoms with Gasteiger partial charge in [0, 0.05) is 0 Å². The zero-order valence-corrected chi connectivity index (χ0v) is 12.4. The van der Waals surface area contributed by atoms with E-state index in [1.807, 2.05) is 0 Å². The first kappa shape index (κ1) is 15.5. The molecule has 0 amide bonds. The first-order chi connectivity index (χ1) is 8.63. The van der Waals surface area contributed by atoms with Crippen LogP contribution in [0, 0.1) is 17.8 Å². The molecular weight excluding hydrogens is 224 g/mol. The van der Waals surface area contributed by atoms with E-state index in [4.69, 9.17) is 0 Å². The van der Waals surface area contributed by atoms with Crippen molar-refractivity contribution < 1.29 is 9.53 Å². The molecule has 2 heteroatoms. The molecule has 2 fully saturated rings. The van der Waals surface area contributed by atoms with Crippen molar-refractivity contribution in [2.45, 2.75) is 71.6 Å². The molecule has 0 aromatic rings. The first-order valence-electron chi connectivity index (χ1n) is 7.71. The van der Waals surface area contributed by atoms with E-state index in [1.165, 1.54) is 52.1 Å². The molecule has 18 heavy (non-hydrogen) atoms. The average Bonchev–Trinajstić information content (AvgIpc) is 2.43. The summed E-state index contributed by atoms with van der Waals surface area (Å²) >= 11 is 0. The predicted octanol–water partition coefficient (Wildman–Crippen LogP) is 4.57. The van der Waals surface area contributed by atoms with Gasteiger partial charge in [0.25, 0.3) is 0 Å². The van der Waals surface area contributed by atoms with Gasteiger partial charge in [-0.3, -0.25) is 4.79 Å². The summed E-state index contributed by atoms with van der Waals surface area (Å²) in [6.45, 7) is 4.73. The van der Waals surface area contributed by atoms with Gasteiger partial charge in [0.1, 0.15) is 0 Å². The highest BCUT2D eigenvalue weighted by molar-refractivity contribution is 5.72. The lowest BCUT2D eigenvalue weighted by molar-refractivity contribution is -0.146. The molecule has 0 radical (unpaired) electrons. The van der Waals surface area contributed by atoms with E-state index in [0.717, 1.165) is 24.7 Å². The Kier molecular flexibility index (Phi) is 7.38. The third kappa shape index (κ3) is 5.88. The van der Waals surface area contributed by atoms with Gasteiger partial charge in [-0.15, -0.1) is 0 Å². The van der Waals surface area contributed by atoms with Crippen LogP contribution in [0.5, 0.6) is 0 Å². The molecule has 0 bridgehead atoms. The van der Waals surface area contributed by atoms with Crippen LogP contribution in [-0.2, 0) is 9.53 Å². The summed E-state index contributed by atoms with van der Waals surface area (Å²) < 4.78 is 4.65. The maximum atomic E-state index is 10.9. The van der Waals surface area contributed by atoms with Crippen LogP contribution in [-0.4, -0.2) is 13.1 Å². The summed E-state index contributed by atoms with van der Waals surface area (Å²) in [5.41, 5.74) is 0. The van der Waals surface area contributed by atoms with E-state index >= 15 is 0 Å². The van der Waals surface area contributed by atoms with Crippen molar-refractivity contribution in [2.75, 3.05) is 7.11 Å². The molecule has 2 saturated carbocycles. The smallest absolute Gasteiger partial charge is 0.308 e. The third-order valence-corrected chi connectivity index (χ3v) is 4.44. The molecular formula is C16H30O2. The molecule has 0 heterocycles. The molecule has 0 aromatic carbocycles. The molecule has 2 rings (SSSR count). The fourth-order valence-corrected chi connectivity index (χ4v) is 2.93. The van der Waals surface area contributed by atoms with Gasteiger partial charge < -0.3 is 4.74 Å². The van der Waals surface area contributed by atoms with Crippen LogP contribution in [0.1, 0.15) is 71.6 Å². The summed E-state index contributed by atoms with van der Waals surface area (Å²) in [6, 6.07) is 0. The van der Waals surface area contributed by atoms with Crippen LogP contribution in [0.2, 0.25) is 0 Å². The van der Waals surface area contributed by atoms with Gasteiger partial charge in [0.15, 0.2) is 0 Å². The molecule has 106 valence electrons. The highest BCUT2D eigenvalue weighted by atomic mass is 16.5. The maximum absolute atomic E-state index is 10.9. The Morgan fingerprint density at radius 2 is 1.28 bits per heavy atom. The zero-order chi connectivity index (χ0) is 13.4. The molecule has 0 unspecified atom stereocenters. The molecule has 2 aliphatic rings. The molecule has 0 N–H and O–H groups in total. The van der Waals surface area contributed by atoms with Gasteiger partial charge in [-0.2, -0.15) is 0 Å². The standard InChI is InChI=1S/C8H14O2.C8H16/c1-10-8(9)7-5-3-2-4-6-7;1-7-3-5-8(2)6-4-7/h7H,2-6H2,1H3;7-8H,3-6H2,1-2H3. The van der Waals surface area contributed by atoms with Gasteiger partial charge in [-0.05, 0) is 24.7 Å². The second kappa shape index (κ2) is 8.55. The fourth-order valence-electron chi connectivity index (χ4n) is 2.93. The van der Waals surface area contributed by atoms with E-state index in [0.29, 0.717) is 0 Å². The van der Waals surface area contributed by atoms with Crippen LogP contribution in [0.25, 0.3) is 0 Å². The Morgan fingerprint density at radius 1 is 0.833 bits per heavy atom. The SMILES string of the molecule is CC1CCC(C)CC1.COC(=O)C1CCCCC1. The summed E-state index contributed by atoms with van der Waals surface area (Å²) in [5, 5.41) is 0. The third-order valence-electron chi connectivity index (χ3n) is 4.44. The van der Waals surface area contributed by atoms with Crippen molar-refractivity contribution in [1.29, 1.82) is 0 Å². The minimum atomic E-state index is -0.0142. The van der Waals surface area contributed by atoms with Crippen molar-refractivity contribution in [3.63, 3.8) is 0 Å². The van der Waals surface area contributed by atoms with Crippen LogP contribution in [0.3, 0.4) is 0 Å². The van der Waals surface area contributed by atoms with E-state index in [9.17, 15) is 4.79 Å². The van der Waals surface area contributed by atoms with Crippen molar-refractivity contribution in [2.24, 2.45) is 17.8 Å². The molecule has 0 aliphatic heterocycles. The topological polar surface area (TPSA) is 26.3 Å². The fraction of sp³-hybridized carbons (Fsp3) is 0.938. The number of carbonyl (C=O) groups is 1. The number of esters is 1. The first-order valence-corrected chi connectivity index (χ1v) is 7.71. The minimum Gasteiger partial charge on any atom is -0.469 e. The summed E-state index contributed by atoms with van der Waals surface area (Å²) in [5.74, 6) is 2.23. The molecule has 2 aliphatic carbocycles. The van der Waals surface area contributed by atoms with Crippen molar-refractivity contribution in [1.82, 2.24) is 0 Å². The number of hydrogen-bond acceptors (Lipinski definition) is 2. The molecule has 0 aromatic heterocycles. The number of ether oxygens (including phenoxy) is 1. The van der Waals surface area contributed by atoms with Gasteiger partial charge in [0.05, 0.1) is 13.0 Å². The normalized spacial score (nSPS) is 29.1. The Morgan fingerprint density at radius 3 is 1.67 bits per heavy atom. The van der Waals surface area contributed by atoms with E-state index < -0.39 is 0 Å². The van der Waals surface area contributed by atoms with Crippen LogP contribution < -0.4 is 0 Å². The van der Waals surface area contributed by atoms with Gasteiger partial charge >= 0.3 is 5.97 Å². The zero-order valence-electron chi connectivity index (χ0n) is 12.4. The number of methoxy groups -OCH3 is 1. The Balaban J connectivity index is 0.000000184. The quantitative estimate of drug-likeness (QED) is 0.641. The van der Waals surface area contributed by atoms with Crippen LogP contribution in [0.4, 0.5) is 0 Å². The minimum absolute atomic E-state index is 0.0142. The van der Waals surface area contributed by atoms with Crippen molar-refractivity contribution in [3.05, 3.63) is 0 Å². The Hall–Kier alpha value is -0.530. The predicted molar refractivity (Wildman–Crippen MR) is 75.4 cm³/mol. The average molecular weight is 254 g/mol. The van der Waals surface area contributed by atoms with Crippen molar-refractivity contribution >= 4 is 5.97 Å². The Labute approximate surface area is 112 Å². The molecule has 0 spiro atoms. The van der Waals surface area contributed by atoms with Gasteiger partial charge in [-0.1, -0.05) is 58.8 Å². The molecule has 0 saturated heterocycles. The number of hydrogen-bond donors (Lipinski definition) is 0. The highest BCUT2D eigenvalue weighted by Gasteiger charge is 2.20. The number of rotatable bonds is 1. The number of carbonyl (C=O) groups excluding carboxylic acids is 1. The van der Waals surface area contributed by atoms with E-state index in [2.05, 4.69) is 18.6 Å².